The van der Waals surface area contributed by atoms with Gasteiger partial charge in [0.25, 0.3) is 0 Å². The van der Waals surface area contributed by atoms with Crippen LogP contribution in [0.2, 0.25) is 0 Å². The topological polar surface area (TPSA) is 26.2 Å². The molecule has 9 aromatic rings. The molecule has 0 saturated heterocycles. The highest BCUT2D eigenvalue weighted by Crippen LogP contribution is 2.53. The second kappa shape index (κ2) is 13.1. The van der Waals surface area contributed by atoms with Gasteiger partial charge in [-0.2, -0.15) is 0 Å². The van der Waals surface area contributed by atoms with Crippen molar-refractivity contribution in [3.63, 3.8) is 0 Å². The number of aryl methyl sites for hydroxylation is 1. The summed E-state index contributed by atoms with van der Waals surface area (Å²) < 4.78 is 9.47. The van der Waals surface area contributed by atoms with Gasteiger partial charge in [0.05, 0.1) is 5.52 Å². The fourth-order valence-electron chi connectivity index (χ4n) is 11.1. The highest BCUT2D eigenvalue weighted by molar-refractivity contribution is 6.74. The lowest BCUT2D eigenvalue weighted by molar-refractivity contribution is 0.225. The lowest BCUT2D eigenvalue weighted by atomic mass is 9.58. The van der Waals surface area contributed by atoms with Gasteiger partial charge < -0.3 is 14.6 Å². The van der Waals surface area contributed by atoms with Gasteiger partial charge in [-0.15, -0.1) is 0 Å². The van der Waals surface area contributed by atoms with Gasteiger partial charge in [-0.05, 0) is 115 Å². The van der Waals surface area contributed by atoms with Crippen LogP contribution in [0.15, 0.2) is 158 Å². The van der Waals surface area contributed by atoms with Crippen LogP contribution in [0.25, 0.3) is 60.5 Å². The van der Waals surface area contributed by atoms with Crippen molar-refractivity contribution >= 4 is 62.2 Å². The van der Waals surface area contributed by atoms with E-state index in [4.69, 9.17) is 4.74 Å². The molecule has 0 fully saturated rings. The van der Waals surface area contributed by atoms with Gasteiger partial charge in [0.15, 0.2) is 7.28 Å². The van der Waals surface area contributed by atoms with Crippen LogP contribution < -0.4 is 21.0 Å². The van der Waals surface area contributed by atoms with E-state index in [0.717, 1.165) is 42.0 Å². The predicted octanol–water partition coefficient (Wildman–Crippen LogP) is 13.2. The molecule has 1 aliphatic carbocycles. The Hall–Kier alpha value is -6.78. The Morgan fingerprint density at radius 3 is 2.26 bits per heavy atom. The van der Waals surface area contributed by atoms with Crippen LogP contribution in [0.3, 0.4) is 0 Å². The Kier molecular flexibility index (Phi) is 7.83. The van der Waals surface area contributed by atoms with Gasteiger partial charge in [0.2, 0.25) is 0 Å². The Balaban J connectivity index is 1.15. The monoisotopic (exact) mass is 800 g/mol. The van der Waals surface area contributed by atoms with Gasteiger partial charge in [-0.25, -0.2) is 0 Å². The minimum Gasteiger partial charge on any atom is -0.481 e. The number of ether oxygens (including phenoxy) is 1. The Labute approximate surface area is 365 Å². The quantitative estimate of drug-likeness (QED) is 0.142. The summed E-state index contributed by atoms with van der Waals surface area (Å²) in [5, 5.41) is 9.17. The van der Waals surface area contributed by atoms with E-state index in [1.807, 2.05) is 0 Å². The molecule has 1 N–H and O–H groups in total. The minimum atomic E-state index is -0.178. The van der Waals surface area contributed by atoms with Gasteiger partial charge in [0, 0.05) is 56.8 Å². The molecule has 0 bridgehead atoms. The van der Waals surface area contributed by atoms with Crippen molar-refractivity contribution < 1.29 is 4.74 Å². The van der Waals surface area contributed by atoms with Gasteiger partial charge in [0.1, 0.15) is 11.9 Å². The van der Waals surface area contributed by atoms with Crippen molar-refractivity contribution in [3.8, 4) is 33.7 Å². The third kappa shape index (κ3) is 5.38. The average Bonchev–Trinajstić information content (AvgIpc) is 3.72. The molecule has 8 aromatic carbocycles. The molecule has 1 aromatic heterocycles. The third-order valence-corrected chi connectivity index (χ3v) is 14.2. The van der Waals surface area contributed by atoms with Crippen LogP contribution in [0.5, 0.6) is 5.75 Å². The maximum Gasteiger partial charge on any atom is 0.198 e. The zero-order valence-electron chi connectivity index (χ0n) is 36.4. The van der Waals surface area contributed by atoms with Gasteiger partial charge >= 0.3 is 0 Å². The molecule has 0 spiro atoms. The fourth-order valence-corrected chi connectivity index (χ4v) is 11.1. The molecule has 1 unspecified atom stereocenters. The second-order valence-corrected chi connectivity index (χ2v) is 19.6. The summed E-state index contributed by atoms with van der Waals surface area (Å²) in [7, 11) is 0.794. The van der Waals surface area contributed by atoms with Crippen LogP contribution in [-0.2, 0) is 17.3 Å². The molecule has 0 radical (unpaired) electrons. The number of anilines is 2. The molecule has 4 heteroatoms. The highest BCUT2D eigenvalue weighted by Gasteiger charge is 2.38. The molecule has 0 saturated carbocycles. The van der Waals surface area contributed by atoms with Crippen LogP contribution in [0, 0.1) is 6.92 Å². The van der Waals surface area contributed by atoms with E-state index in [1.54, 1.807) is 0 Å². The number of nitrogens with one attached hydrogen (secondary N) is 1. The molecule has 62 heavy (non-hydrogen) atoms. The Morgan fingerprint density at radius 1 is 0.726 bits per heavy atom. The first-order valence-electron chi connectivity index (χ1n) is 22.1. The first kappa shape index (κ1) is 37.0. The first-order chi connectivity index (χ1) is 29.9. The van der Waals surface area contributed by atoms with E-state index in [1.165, 1.54) is 99.3 Å². The van der Waals surface area contributed by atoms with Gasteiger partial charge in [-0.1, -0.05) is 155 Å². The molecule has 300 valence electrons. The summed E-state index contributed by atoms with van der Waals surface area (Å²) in [6, 6.07) is 54.4. The normalized spacial score (nSPS) is 15.8. The predicted molar refractivity (Wildman–Crippen MR) is 264 cm³/mol. The minimum absolute atomic E-state index is 0.0690. The molecule has 0 amide bonds. The number of hydrogen-bond acceptors (Lipinski definition) is 2. The lowest BCUT2D eigenvalue weighted by Crippen LogP contribution is -2.38. The molecule has 3 nitrogen and oxygen atoms in total. The van der Waals surface area contributed by atoms with E-state index in [9.17, 15) is 0 Å². The molecular formula is C58H49BN2O. The first-order valence-corrected chi connectivity index (χ1v) is 22.1. The van der Waals surface area contributed by atoms with Crippen molar-refractivity contribution in [1.82, 2.24) is 4.57 Å². The summed E-state index contributed by atoms with van der Waals surface area (Å²) >= 11 is 0. The number of hydrogen-bond donors (Lipinski definition) is 1. The maximum absolute atomic E-state index is 6.92. The zero-order valence-corrected chi connectivity index (χ0v) is 36.4. The van der Waals surface area contributed by atoms with E-state index in [2.05, 4.69) is 204 Å². The lowest BCUT2D eigenvalue weighted by Gasteiger charge is -2.32. The summed E-state index contributed by atoms with van der Waals surface area (Å²) in [4.78, 5) is 0. The smallest absolute Gasteiger partial charge is 0.198 e. The Morgan fingerprint density at radius 2 is 1.47 bits per heavy atom. The second-order valence-electron chi connectivity index (χ2n) is 19.6. The van der Waals surface area contributed by atoms with E-state index < -0.39 is 0 Å². The largest absolute Gasteiger partial charge is 0.481 e. The summed E-state index contributed by atoms with van der Waals surface area (Å²) in [6.45, 7) is 18.4. The van der Waals surface area contributed by atoms with Crippen LogP contribution in [0.4, 0.5) is 11.4 Å². The number of aromatic nitrogens is 1. The average molecular weight is 801 g/mol. The van der Waals surface area contributed by atoms with Gasteiger partial charge in [-0.3, -0.25) is 0 Å². The number of rotatable bonds is 4. The Bertz CT molecular complexity index is 3380. The number of benzene rings is 8. The molecule has 3 aliphatic rings. The number of nitrogens with zero attached hydrogens (tertiary/aromatic N) is 1. The molecular weight excluding hydrogens is 751 g/mol. The third-order valence-electron chi connectivity index (χ3n) is 14.2. The van der Waals surface area contributed by atoms with Crippen LogP contribution in [0.1, 0.15) is 74.1 Å². The van der Waals surface area contributed by atoms with Crippen molar-refractivity contribution in [2.24, 2.45) is 0 Å². The van der Waals surface area contributed by atoms with Crippen LogP contribution in [-0.4, -0.2) is 11.8 Å². The van der Waals surface area contributed by atoms with E-state index >= 15 is 0 Å². The zero-order chi connectivity index (χ0) is 42.2. The molecule has 2 aliphatic heterocycles. The van der Waals surface area contributed by atoms with Crippen molar-refractivity contribution in [2.75, 3.05) is 5.32 Å². The van der Waals surface area contributed by atoms with Crippen molar-refractivity contribution in [3.05, 3.63) is 191 Å². The number of fused-ring (bicyclic) bond motifs is 11. The standard InChI is InChI=1S/C58H49BN2O/c1-33-21-26-49-44(27-33)53-41-19-12-11-18-40(41)52(54-55(53)61(49)50-32-51-36(29-47(50)59-54)28-34(2)56(62-51)35-15-9-8-10-16-35)43-30-42-39-17-13-14-20-45(39)58(6,7)46(42)31-48(43)60-38-24-22-37(23-25-38)57(3,4)5/h8-27,29-32,56,59-60H,2,28H2,1,3-7H3. The van der Waals surface area contributed by atoms with Crippen LogP contribution >= 0.6 is 0 Å². The van der Waals surface area contributed by atoms with E-state index in [0.29, 0.717) is 0 Å². The van der Waals surface area contributed by atoms with E-state index in [-0.39, 0.29) is 16.9 Å². The maximum atomic E-state index is 6.92. The molecule has 12 rings (SSSR count). The molecule has 1 atom stereocenters. The summed E-state index contributed by atoms with van der Waals surface area (Å²) in [5.74, 6) is 0.945. The summed E-state index contributed by atoms with van der Waals surface area (Å²) in [6.07, 6.45) is 0.602. The van der Waals surface area contributed by atoms with Crippen molar-refractivity contribution in [1.29, 1.82) is 0 Å². The van der Waals surface area contributed by atoms with Crippen molar-refractivity contribution in [2.45, 2.75) is 64.9 Å². The molecule has 3 heterocycles. The SMILES string of the molecule is C=C1Cc2cc3c(cc2OC1c1ccccc1)-n1c2ccc(C)cc2c2c4ccccc4c(-c4cc5c(cc4Nc4ccc(C(C)(C)C)cc4)C(C)(C)c4ccccc4-5)c(c21)B3. The highest BCUT2D eigenvalue weighted by atomic mass is 16.5. The fraction of sp³-hybridized carbons (Fsp3) is 0.172. The summed E-state index contributed by atoms with van der Waals surface area (Å²) in [5.41, 5.74) is 22.4.